The molecular formula is C26H33N5O4. The number of primary amides is 1. The summed E-state index contributed by atoms with van der Waals surface area (Å²) in [5, 5.41) is 2.95. The molecule has 1 aromatic heterocycles. The highest BCUT2D eigenvalue weighted by atomic mass is 16.5. The van der Waals surface area contributed by atoms with Gasteiger partial charge in [0.15, 0.2) is 0 Å². The van der Waals surface area contributed by atoms with E-state index in [4.69, 9.17) is 16.2 Å². The highest BCUT2D eigenvalue weighted by Crippen LogP contribution is 2.27. The number of amides is 2. The quantitative estimate of drug-likeness (QED) is 0.469. The second-order valence-electron chi connectivity index (χ2n) is 8.94. The van der Waals surface area contributed by atoms with Crippen LogP contribution in [-0.2, 0) is 9.53 Å². The molecule has 0 saturated carbocycles. The molecule has 1 aliphatic heterocycles. The monoisotopic (exact) mass is 479 g/mol. The van der Waals surface area contributed by atoms with Crippen LogP contribution in [0.15, 0.2) is 55.0 Å². The molecule has 3 rings (SSSR count). The molecule has 2 heterocycles. The number of benzene rings is 1. The molecule has 35 heavy (non-hydrogen) atoms. The van der Waals surface area contributed by atoms with Crippen molar-refractivity contribution in [2.45, 2.75) is 32.2 Å². The summed E-state index contributed by atoms with van der Waals surface area (Å²) in [7, 11) is 1.36. The van der Waals surface area contributed by atoms with Crippen molar-refractivity contribution in [1.82, 2.24) is 15.2 Å². The second-order valence-corrected chi connectivity index (χ2v) is 8.94. The third-order valence-corrected chi connectivity index (χ3v) is 6.47. The van der Waals surface area contributed by atoms with Crippen LogP contribution in [0.25, 0.3) is 11.1 Å². The molecule has 0 radical (unpaired) electrons. The third-order valence-electron chi connectivity index (χ3n) is 6.47. The Balaban J connectivity index is 1.67. The summed E-state index contributed by atoms with van der Waals surface area (Å²) < 4.78 is 5.04. The maximum atomic E-state index is 12.9. The van der Waals surface area contributed by atoms with E-state index in [0.717, 1.165) is 37.1 Å². The lowest BCUT2D eigenvalue weighted by molar-refractivity contribution is -0.147. The van der Waals surface area contributed by atoms with Crippen LogP contribution in [0.1, 0.15) is 47.0 Å². The van der Waals surface area contributed by atoms with E-state index in [0.29, 0.717) is 17.8 Å². The van der Waals surface area contributed by atoms with Crippen LogP contribution in [-0.4, -0.2) is 53.9 Å². The lowest BCUT2D eigenvalue weighted by atomic mass is 9.85. The van der Waals surface area contributed by atoms with Crippen molar-refractivity contribution in [2.75, 3.05) is 20.2 Å². The molecule has 1 unspecified atom stereocenters. The second kappa shape index (κ2) is 11.5. The van der Waals surface area contributed by atoms with E-state index in [1.807, 2.05) is 11.8 Å². The van der Waals surface area contributed by atoms with Gasteiger partial charge in [0, 0.05) is 30.9 Å². The maximum absolute atomic E-state index is 12.9. The number of methoxy groups -OCH3 is 1. The normalized spacial score (nSPS) is 17.2. The number of nitrogens with two attached hydrogens (primary N) is 2. The van der Waals surface area contributed by atoms with E-state index in [-0.39, 0.29) is 23.5 Å². The Labute approximate surface area is 205 Å². The number of ether oxygens (including phenoxy) is 1. The van der Waals surface area contributed by atoms with Crippen LogP contribution < -0.4 is 16.8 Å². The zero-order chi connectivity index (χ0) is 25.5. The van der Waals surface area contributed by atoms with Gasteiger partial charge in [-0.1, -0.05) is 18.7 Å². The number of pyridine rings is 1. The van der Waals surface area contributed by atoms with Gasteiger partial charge in [0.2, 0.25) is 0 Å². The van der Waals surface area contributed by atoms with E-state index in [1.165, 1.54) is 13.3 Å². The fourth-order valence-electron chi connectivity index (χ4n) is 4.48. The Kier molecular flexibility index (Phi) is 8.46. The molecule has 0 spiro atoms. The Morgan fingerprint density at radius 1 is 1.20 bits per heavy atom. The molecule has 0 bridgehead atoms. The van der Waals surface area contributed by atoms with Crippen molar-refractivity contribution in [3.63, 3.8) is 0 Å². The van der Waals surface area contributed by atoms with Crippen LogP contribution in [0, 0.1) is 11.8 Å². The fourth-order valence-corrected chi connectivity index (χ4v) is 4.48. The standard InChI is InChI=1S/C26H33N5O4/c1-16(22(26(34)35-3)13-18-5-4-12-31(15-18)17(2)27)30-25(33)20-8-6-19(7-9-20)21-10-11-29-23(14-21)24(28)32/h6-11,14,16,18,22H,2,4-5,12-13,15,27H2,1,3H3,(H2,28,32)(H,30,33)/t16-,18?,22-/m1/s1. The van der Waals surface area contributed by atoms with E-state index in [9.17, 15) is 14.4 Å². The molecule has 9 nitrogen and oxygen atoms in total. The average molecular weight is 480 g/mol. The number of likely N-dealkylation sites (tertiary alicyclic amines) is 1. The summed E-state index contributed by atoms with van der Waals surface area (Å²) in [6.07, 6.45) is 4.05. The number of rotatable bonds is 9. The summed E-state index contributed by atoms with van der Waals surface area (Å²) in [6.45, 7) is 7.23. The van der Waals surface area contributed by atoms with Crippen LogP contribution in [0.5, 0.6) is 0 Å². The fraction of sp³-hybridized carbons (Fsp3) is 0.385. The average Bonchev–Trinajstić information content (AvgIpc) is 2.87. The molecule has 2 amide bonds. The van der Waals surface area contributed by atoms with E-state index < -0.39 is 17.9 Å². The van der Waals surface area contributed by atoms with Crippen molar-refractivity contribution in [3.8, 4) is 11.1 Å². The lowest BCUT2D eigenvalue weighted by Gasteiger charge is -2.36. The van der Waals surface area contributed by atoms with Gasteiger partial charge >= 0.3 is 5.97 Å². The number of nitrogens with one attached hydrogen (secondary N) is 1. The van der Waals surface area contributed by atoms with Crippen molar-refractivity contribution >= 4 is 17.8 Å². The molecule has 2 aromatic rings. The first-order valence-electron chi connectivity index (χ1n) is 11.6. The van der Waals surface area contributed by atoms with Crippen molar-refractivity contribution in [3.05, 3.63) is 66.3 Å². The molecule has 5 N–H and O–H groups in total. The van der Waals surface area contributed by atoms with Gasteiger partial charge in [0.1, 0.15) is 5.69 Å². The van der Waals surface area contributed by atoms with Gasteiger partial charge < -0.3 is 26.4 Å². The van der Waals surface area contributed by atoms with Gasteiger partial charge in [-0.15, -0.1) is 0 Å². The number of carbonyl (C=O) groups is 3. The first-order chi connectivity index (χ1) is 16.7. The van der Waals surface area contributed by atoms with Crippen molar-refractivity contribution in [2.24, 2.45) is 23.3 Å². The highest BCUT2D eigenvalue weighted by molar-refractivity contribution is 5.95. The van der Waals surface area contributed by atoms with Gasteiger partial charge in [-0.05, 0) is 67.5 Å². The first-order valence-corrected chi connectivity index (χ1v) is 11.6. The van der Waals surface area contributed by atoms with Crippen LogP contribution in [0.2, 0.25) is 0 Å². The van der Waals surface area contributed by atoms with Gasteiger partial charge in [-0.2, -0.15) is 0 Å². The molecule has 1 aliphatic rings. The summed E-state index contributed by atoms with van der Waals surface area (Å²) in [5.74, 6) is -0.941. The minimum Gasteiger partial charge on any atom is -0.469 e. The number of aromatic nitrogens is 1. The van der Waals surface area contributed by atoms with Gasteiger partial charge in [0.25, 0.3) is 11.8 Å². The van der Waals surface area contributed by atoms with Gasteiger partial charge in [0.05, 0.1) is 18.8 Å². The van der Waals surface area contributed by atoms with E-state index in [1.54, 1.807) is 36.4 Å². The predicted molar refractivity (Wildman–Crippen MR) is 133 cm³/mol. The molecule has 3 atom stereocenters. The molecule has 0 aliphatic carbocycles. The zero-order valence-corrected chi connectivity index (χ0v) is 20.2. The van der Waals surface area contributed by atoms with Gasteiger partial charge in [-0.25, -0.2) is 0 Å². The number of carbonyl (C=O) groups excluding carboxylic acids is 3. The molecule has 1 fully saturated rings. The molecule has 186 valence electrons. The van der Waals surface area contributed by atoms with E-state index >= 15 is 0 Å². The van der Waals surface area contributed by atoms with Crippen molar-refractivity contribution in [1.29, 1.82) is 0 Å². The number of piperidine rings is 1. The minimum atomic E-state index is -0.606. The molecule has 1 saturated heterocycles. The van der Waals surface area contributed by atoms with Crippen LogP contribution >= 0.6 is 0 Å². The number of hydrogen-bond acceptors (Lipinski definition) is 7. The Bertz CT molecular complexity index is 1090. The predicted octanol–water partition coefficient (Wildman–Crippen LogP) is 2.29. The Hall–Kier alpha value is -3.88. The lowest BCUT2D eigenvalue weighted by Crippen LogP contribution is -2.44. The SMILES string of the molecule is C=C(N)N1CCCC(C[C@@H](C(=O)OC)[C@@H](C)NC(=O)c2ccc(-c3ccnc(C(N)=O)c3)cc2)C1. The molecule has 1 aromatic carbocycles. The molecule has 9 heteroatoms. The first kappa shape index (κ1) is 25.7. The summed E-state index contributed by atoms with van der Waals surface area (Å²) in [5.41, 5.74) is 13.4. The third kappa shape index (κ3) is 6.59. The minimum absolute atomic E-state index is 0.170. The number of hydrogen-bond donors (Lipinski definition) is 3. The van der Waals surface area contributed by atoms with Gasteiger partial charge in [-0.3, -0.25) is 19.4 Å². The topological polar surface area (TPSA) is 141 Å². The van der Waals surface area contributed by atoms with Crippen molar-refractivity contribution < 1.29 is 19.1 Å². The number of nitrogens with zero attached hydrogens (tertiary/aromatic N) is 2. The summed E-state index contributed by atoms with van der Waals surface area (Å²) in [6, 6.07) is 9.90. The largest absolute Gasteiger partial charge is 0.469 e. The summed E-state index contributed by atoms with van der Waals surface area (Å²) in [4.78, 5) is 42.9. The van der Waals surface area contributed by atoms with Crippen LogP contribution in [0.3, 0.4) is 0 Å². The smallest absolute Gasteiger partial charge is 0.310 e. The maximum Gasteiger partial charge on any atom is 0.310 e. The Morgan fingerprint density at radius 2 is 1.91 bits per heavy atom. The van der Waals surface area contributed by atoms with Crippen LogP contribution in [0.4, 0.5) is 0 Å². The zero-order valence-electron chi connectivity index (χ0n) is 20.2. The highest BCUT2D eigenvalue weighted by Gasteiger charge is 2.32. The summed E-state index contributed by atoms with van der Waals surface area (Å²) >= 11 is 0. The van der Waals surface area contributed by atoms with E-state index in [2.05, 4.69) is 16.9 Å². The number of esters is 1. The molecular weight excluding hydrogens is 446 g/mol. The Morgan fingerprint density at radius 3 is 2.54 bits per heavy atom.